The molecule has 2 unspecified atom stereocenters. The van der Waals surface area contributed by atoms with Crippen molar-refractivity contribution >= 4 is 21.6 Å². The van der Waals surface area contributed by atoms with Crippen molar-refractivity contribution < 1.29 is 8.42 Å². The van der Waals surface area contributed by atoms with E-state index in [2.05, 4.69) is 5.32 Å². The summed E-state index contributed by atoms with van der Waals surface area (Å²) in [6, 6.07) is 0.485. The van der Waals surface area contributed by atoms with E-state index in [1.807, 2.05) is 6.92 Å². The number of nitrogens with one attached hydrogen (secondary N) is 1. The van der Waals surface area contributed by atoms with Crippen LogP contribution in [0.25, 0.3) is 0 Å². The maximum atomic E-state index is 11.1. The molecular weight excluding hydrogens is 218 g/mol. The van der Waals surface area contributed by atoms with Gasteiger partial charge in [-0.3, -0.25) is 8.42 Å². The molecule has 0 bridgehead atoms. The second-order valence-electron chi connectivity index (χ2n) is 3.84. The molecule has 0 spiro atoms. The molecule has 0 aromatic carbocycles. The zero-order valence-electron chi connectivity index (χ0n) is 8.82. The van der Waals surface area contributed by atoms with Crippen LogP contribution in [0, 0.1) is 0 Å². The van der Waals surface area contributed by atoms with Crippen LogP contribution in [0.5, 0.6) is 0 Å². The van der Waals surface area contributed by atoms with Gasteiger partial charge in [0.25, 0.3) is 0 Å². The number of hydrogen-bond acceptors (Lipinski definition) is 3. The molecule has 0 amide bonds. The summed E-state index contributed by atoms with van der Waals surface area (Å²) < 4.78 is 22.2. The fourth-order valence-electron chi connectivity index (χ4n) is 1.45. The molecule has 1 N–H and O–H groups in total. The van der Waals surface area contributed by atoms with Gasteiger partial charge in [0.1, 0.15) is 0 Å². The fourth-order valence-corrected chi connectivity index (χ4v) is 3.08. The summed E-state index contributed by atoms with van der Waals surface area (Å²) in [5.74, 6) is 1.64. The lowest BCUT2D eigenvalue weighted by Gasteiger charge is -2.23. The lowest BCUT2D eigenvalue weighted by atomic mass is 10.1. The molecule has 0 aromatic rings. The predicted octanol–water partition coefficient (Wildman–Crippen LogP) is 0.254. The van der Waals surface area contributed by atoms with E-state index in [1.165, 1.54) is 0 Å². The first-order chi connectivity index (χ1) is 6.59. The number of rotatable bonds is 4. The SMILES string of the molecule is CC(CNC1CCS(=O)CC1)S(C)=O. The van der Waals surface area contributed by atoms with E-state index in [4.69, 9.17) is 0 Å². The fraction of sp³-hybridized carbons (Fsp3) is 1.00. The molecule has 1 saturated heterocycles. The van der Waals surface area contributed by atoms with Crippen LogP contribution in [0.4, 0.5) is 0 Å². The minimum atomic E-state index is -0.744. The van der Waals surface area contributed by atoms with E-state index < -0.39 is 21.6 Å². The van der Waals surface area contributed by atoms with E-state index in [0.717, 1.165) is 30.9 Å². The minimum absolute atomic E-state index is 0.211. The van der Waals surface area contributed by atoms with Gasteiger partial charge < -0.3 is 5.32 Å². The molecule has 3 nitrogen and oxygen atoms in total. The van der Waals surface area contributed by atoms with Gasteiger partial charge in [-0.2, -0.15) is 0 Å². The first-order valence-electron chi connectivity index (χ1n) is 5.00. The number of hydrogen-bond donors (Lipinski definition) is 1. The van der Waals surface area contributed by atoms with Crippen LogP contribution in [0.3, 0.4) is 0 Å². The molecule has 84 valence electrons. The minimum Gasteiger partial charge on any atom is -0.313 e. The second kappa shape index (κ2) is 5.98. The van der Waals surface area contributed by atoms with Gasteiger partial charge >= 0.3 is 0 Å². The van der Waals surface area contributed by atoms with Crippen molar-refractivity contribution in [3.05, 3.63) is 0 Å². The molecule has 1 rings (SSSR count). The van der Waals surface area contributed by atoms with Gasteiger partial charge in [0.15, 0.2) is 0 Å². The Morgan fingerprint density at radius 2 is 2.07 bits per heavy atom. The van der Waals surface area contributed by atoms with Crippen molar-refractivity contribution in [2.45, 2.75) is 31.1 Å². The molecule has 1 fully saturated rings. The van der Waals surface area contributed by atoms with Gasteiger partial charge in [0.2, 0.25) is 0 Å². The van der Waals surface area contributed by atoms with Gasteiger partial charge in [-0.1, -0.05) is 0 Å². The highest BCUT2D eigenvalue weighted by atomic mass is 32.2. The summed E-state index contributed by atoms with van der Waals surface area (Å²) in [4.78, 5) is 0. The smallest absolute Gasteiger partial charge is 0.0441 e. The average Bonchev–Trinajstić information content (AvgIpc) is 2.16. The Bertz CT molecular complexity index is 223. The van der Waals surface area contributed by atoms with Crippen molar-refractivity contribution in [3.8, 4) is 0 Å². The monoisotopic (exact) mass is 237 g/mol. The normalized spacial score (nSPS) is 32.4. The van der Waals surface area contributed by atoms with Crippen LogP contribution < -0.4 is 5.32 Å². The topological polar surface area (TPSA) is 46.2 Å². The zero-order chi connectivity index (χ0) is 10.6. The van der Waals surface area contributed by atoms with Gasteiger partial charge in [-0.25, -0.2) is 0 Å². The maximum Gasteiger partial charge on any atom is 0.0441 e. The highest BCUT2D eigenvalue weighted by molar-refractivity contribution is 7.85. The molecule has 2 atom stereocenters. The van der Waals surface area contributed by atoms with Gasteiger partial charge in [0, 0.05) is 57.2 Å². The van der Waals surface area contributed by atoms with Crippen LogP contribution in [0.1, 0.15) is 19.8 Å². The Balaban J connectivity index is 2.19. The third-order valence-corrected chi connectivity index (χ3v) is 5.33. The van der Waals surface area contributed by atoms with Gasteiger partial charge in [-0.05, 0) is 19.8 Å². The van der Waals surface area contributed by atoms with Crippen LogP contribution in [0.2, 0.25) is 0 Å². The highest BCUT2D eigenvalue weighted by Crippen LogP contribution is 2.09. The molecule has 5 heteroatoms. The summed E-state index contributed by atoms with van der Waals surface area (Å²) in [6.07, 6.45) is 3.73. The standard InChI is InChI=1S/C9H19NO2S2/c1-8(13(2)11)7-10-9-3-5-14(12)6-4-9/h8-10H,3-7H2,1-2H3. The Labute approximate surface area is 91.0 Å². The summed E-state index contributed by atoms with van der Waals surface area (Å²) in [5.41, 5.74) is 0. The van der Waals surface area contributed by atoms with Crippen molar-refractivity contribution in [1.29, 1.82) is 0 Å². The first-order valence-corrected chi connectivity index (χ1v) is 8.11. The molecule has 1 aliphatic heterocycles. The van der Waals surface area contributed by atoms with Gasteiger partial charge in [0.05, 0.1) is 0 Å². The van der Waals surface area contributed by atoms with E-state index in [1.54, 1.807) is 6.26 Å². The molecule has 0 aliphatic carbocycles. The van der Waals surface area contributed by atoms with Crippen molar-refractivity contribution in [2.75, 3.05) is 24.3 Å². The molecule has 1 aliphatic rings. The molecule has 1 heterocycles. The molecular formula is C9H19NO2S2. The van der Waals surface area contributed by atoms with E-state index >= 15 is 0 Å². The largest absolute Gasteiger partial charge is 0.313 e. The summed E-state index contributed by atoms with van der Waals surface area (Å²) in [6.45, 7) is 2.80. The Morgan fingerprint density at radius 1 is 1.50 bits per heavy atom. The van der Waals surface area contributed by atoms with Crippen molar-refractivity contribution in [2.24, 2.45) is 0 Å². The first kappa shape index (κ1) is 12.3. The zero-order valence-corrected chi connectivity index (χ0v) is 10.5. The average molecular weight is 237 g/mol. The summed E-state index contributed by atoms with van der Waals surface area (Å²) in [5, 5.41) is 3.61. The Hall–Kier alpha value is 0.260. The van der Waals surface area contributed by atoms with E-state index in [0.29, 0.717) is 6.04 Å². The lowest BCUT2D eigenvalue weighted by molar-refractivity contribution is 0.477. The third kappa shape index (κ3) is 4.19. The molecule has 0 aromatic heterocycles. The van der Waals surface area contributed by atoms with Crippen LogP contribution >= 0.6 is 0 Å². The van der Waals surface area contributed by atoms with Crippen LogP contribution in [0.15, 0.2) is 0 Å². The third-order valence-electron chi connectivity index (χ3n) is 2.65. The Kier molecular flexibility index (Phi) is 5.26. The lowest BCUT2D eigenvalue weighted by Crippen LogP contribution is -2.40. The predicted molar refractivity (Wildman–Crippen MR) is 62.4 cm³/mol. The van der Waals surface area contributed by atoms with E-state index in [-0.39, 0.29) is 5.25 Å². The second-order valence-corrected chi connectivity index (χ2v) is 7.34. The highest BCUT2D eigenvalue weighted by Gasteiger charge is 2.18. The molecule has 0 radical (unpaired) electrons. The van der Waals surface area contributed by atoms with Crippen molar-refractivity contribution in [1.82, 2.24) is 5.32 Å². The molecule has 0 saturated carbocycles. The summed E-state index contributed by atoms with van der Waals surface area (Å²) in [7, 11) is -1.33. The Morgan fingerprint density at radius 3 is 2.57 bits per heavy atom. The summed E-state index contributed by atoms with van der Waals surface area (Å²) >= 11 is 0. The van der Waals surface area contributed by atoms with Crippen LogP contribution in [-0.2, 0) is 21.6 Å². The molecule has 14 heavy (non-hydrogen) atoms. The van der Waals surface area contributed by atoms with Gasteiger partial charge in [-0.15, -0.1) is 0 Å². The van der Waals surface area contributed by atoms with E-state index in [9.17, 15) is 8.42 Å². The van der Waals surface area contributed by atoms with Crippen molar-refractivity contribution in [3.63, 3.8) is 0 Å². The maximum absolute atomic E-state index is 11.1. The van der Waals surface area contributed by atoms with Crippen LogP contribution in [-0.4, -0.2) is 44.0 Å². The quantitative estimate of drug-likeness (QED) is 0.762.